The van der Waals surface area contributed by atoms with Crippen LogP contribution in [0.25, 0.3) is 0 Å². The summed E-state index contributed by atoms with van der Waals surface area (Å²) in [5, 5.41) is 15.3. The van der Waals surface area contributed by atoms with Crippen molar-refractivity contribution in [3.05, 3.63) is 12.2 Å². The van der Waals surface area contributed by atoms with Crippen LogP contribution in [-0.4, -0.2) is 49.5 Å². The van der Waals surface area contributed by atoms with Crippen LogP contribution in [0, 0.1) is 0 Å². The Morgan fingerprint density at radius 2 is 2.32 bits per heavy atom. The molecule has 106 valence electrons. The number of hydrogen-bond donors (Lipinski definition) is 1. The number of piperidine rings is 1. The van der Waals surface area contributed by atoms with Crippen LogP contribution >= 0.6 is 0 Å². The van der Waals surface area contributed by atoms with Crippen molar-refractivity contribution in [3.8, 4) is 0 Å². The Kier molecular flexibility index (Phi) is 3.58. The molecule has 19 heavy (non-hydrogen) atoms. The Morgan fingerprint density at radius 1 is 1.42 bits per heavy atom. The zero-order chi connectivity index (χ0) is 13.3. The highest BCUT2D eigenvalue weighted by Crippen LogP contribution is 2.36. The molecule has 0 radical (unpaired) electrons. The number of aromatic nitrogens is 3. The third kappa shape index (κ3) is 2.41. The fourth-order valence-electron chi connectivity index (χ4n) is 3.67. The van der Waals surface area contributed by atoms with Gasteiger partial charge < -0.3 is 5.11 Å². The molecule has 2 aliphatic heterocycles. The number of aliphatic hydroxyl groups is 1. The molecule has 0 aromatic carbocycles. The zero-order valence-electron chi connectivity index (χ0n) is 11.8. The smallest absolute Gasteiger partial charge is 0.138 e. The van der Waals surface area contributed by atoms with E-state index in [1.54, 1.807) is 6.33 Å². The van der Waals surface area contributed by atoms with Gasteiger partial charge in [-0.2, -0.15) is 5.10 Å². The van der Waals surface area contributed by atoms with Crippen LogP contribution < -0.4 is 0 Å². The third-order valence-corrected chi connectivity index (χ3v) is 4.66. The number of fused-ring (bicyclic) bond motifs is 1. The lowest BCUT2D eigenvalue weighted by atomic mass is 9.86. The van der Waals surface area contributed by atoms with Crippen molar-refractivity contribution in [1.82, 2.24) is 19.7 Å². The fourth-order valence-corrected chi connectivity index (χ4v) is 3.67. The van der Waals surface area contributed by atoms with Gasteiger partial charge in [0.25, 0.3) is 0 Å². The van der Waals surface area contributed by atoms with E-state index in [0.717, 1.165) is 44.7 Å². The molecule has 2 aliphatic rings. The summed E-state index contributed by atoms with van der Waals surface area (Å²) >= 11 is 0. The van der Waals surface area contributed by atoms with Gasteiger partial charge in [0, 0.05) is 25.6 Å². The lowest BCUT2D eigenvalue weighted by Gasteiger charge is -2.37. The second-order valence-electron chi connectivity index (χ2n) is 5.98. The Morgan fingerprint density at radius 3 is 3.16 bits per heavy atom. The van der Waals surface area contributed by atoms with Gasteiger partial charge in [0.1, 0.15) is 12.2 Å². The number of rotatable bonds is 4. The summed E-state index contributed by atoms with van der Waals surface area (Å²) in [6.07, 6.45) is 7.82. The van der Waals surface area contributed by atoms with Gasteiger partial charge in [-0.05, 0) is 32.2 Å². The van der Waals surface area contributed by atoms with E-state index < -0.39 is 5.60 Å². The number of aryl methyl sites for hydroxylation is 1. The standard InChI is InChI=1S/C14H24N4O/c1-2-7-18-13(15-11-16-18)10-14(19)6-9-17-8-4-3-5-12(14)17/h11-12,19H,2-10H2,1H3. The minimum Gasteiger partial charge on any atom is -0.388 e. The minimum atomic E-state index is -0.598. The molecule has 0 saturated carbocycles. The number of nitrogens with zero attached hydrogens (tertiary/aromatic N) is 4. The fraction of sp³-hybridized carbons (Fsp3) is 0.857. The molecule has 0 amide bonds. The van der Waals surface area contributed by atoms with Crippen LogP contribution in [-0.2, 0) is 13.0 Å². The van der Waals surface area contributed by atoms with Crippen molar-refractivity contribution >= 4 is 0 Å². The van der Waals surface area contributed by atoms with E-state index in [4.69, 9.17) is 0 Å². The quantitative estimate of drug-likeness (QED) is 0.888. The zero-order valence-corrected chi connectivity index (χ0v) is 11.8. The van der Waals surface area contributed by atoms with Crippen LogP contribution in [0.1, 0.15) is 44.9 Å². The summed E-state index contributed by atoms with van der Waals surface area (Å²) < 4.78 is 1.95. The predicted molar refractivity (Wildman–Crippen MR) is 72.8 cm³/mol. The molecule has 0 aliphatic carbocycles. The molecule has 2 unspecified atom stereocenters. The summed E-state index contributed by atoms with van der Waals surface area (Å²) in [4.78, 5) is 6.82. The van der Waals surface area contributed by atoms with Gasteiger partial charge in [-0.25, -0.2) is 4.98 Å². The van der Waals surface area contributed by atoms with Gasteiger partial charge in [-0.1, -0.05) is 13.3 Å². The topological polar surface area (TPSA) is 54.2 Å². The number of hydrogen-bond acceptors (Lipinski definition) is 4. The molecule has 0 spiro atoms. The highest BCUT2D eigenvalue weighted by Gasteiger charge is 2.47. The first-order valence-electron chi connectivity index (χ1n) is 7.56. The summed E-state index contributed by atoms with van der Waals surface area (Å²) in [6.45, 7) is 5.20. The van der Waals surface area contributed by atoms with E-state index in [-0.39, 0.29) is 0 Å². The van der Waals surface area contributed by atoms with Crippen LogP contribution in [0.4, 0.5) is 0 Å². The molecular weight excluding hydrogens is 240 g/mol. The normalized spacial score (nSPS) is 31.6. The molecule has 1 aromatic heterocycles. The van der Waals surface area contributed by atoms with Crippen LogP contribution in [0.3, 0.4) is 0 Å². The Bertz CT molecular complexity index is 433. The van der Waals surface area contributed by atoms with Gasteiger partial charge >= 0.3 is 0 Å². The largest absolute Gasteiger partial charge is 0.388 e. The first-order valence-corrected chi connectivity index (χ1v) is 7.56. The van der Waals surface area contributed by atoms with Crippen molar-refractivity contribution in [2.75, 3.05) is 13.1 Å². The summed E-state index contributed by atoms with van der Waals surface area (Å²) in [5.74, 6) is 0.941. The minimum absolute atomic E-state index is 0.327. The van der Waals surface area contributed by atoms with Crippen molar-refractivity contribution in [2.24, 2.45) is 0 Å². The van der Waals surface area contributed by atoms with Crippen molar-refractivity contribution in [3.63, 3.8) is 0 Å². The van der Waals surface area contributed by atoms with Crippen molar-refractivity contribution < 1.29 is 5.11 Å². The Labute approximate surface area is 114 Å². The van der Waals surface area contributed by atoms with Gasteiger partial charge in [-0.15, -0.1) is 0 Å². The molecule has 3 rings (SSSR count). The van der Waals surface area contributed by atoms with E-state index in [1.807, 2.05) is 4.68 Å². The van der Waals surface area contributed by atoms with Crippen LogP contribution in [0.5, 0.6) is 0 Å². The second kappa shape index (κ2) is 5.21. The molecule has 5 heteroatoms. The lowest BCUT2D eigenvalue weighted by Crippen LogP contribution is -2.48. The Hall–Kier alpha value is -0.940. The van der Waals surface area contributed by atoms with Gasteiger partial charge in [0.05, 0.1) is 5.60 Å². The maximum Gasteiger partial charge on any atom is 0.138 e. The van der Waals surface area contributed by atoms with Crippen LogP contribution in [0.2, 0.25) is 0 Å². The van der Waals surface area contributed by atoms with Crippen molar-refractivity contribution in [1.29, 1.82) is 0 Å². The molecule has 1 N–H and O–H groups in total. The molecule has 2 saturated heterocycles. The SMILES string of the molecule is CCCn1ncnc1CC1(O)CCN2CCCCC21. The summed E-state index contributed by atoms with van der Waals surface area (Å²) in [7, 11) is 0. The summed E-state index contributed by atoms with van der Waals surface area (Å²) in [5.41, 5.74) is -0.598. The molecule has 0 bridgehead atoms. The highest BCUT2D eigenvalue weighted by atomic mass is 16.3. The van der Waals surface area contributed by atoms with E-state index in [0.29, 0.717) is 12.5 Å². The molecule has 5 nitrogen and oxygen atoms in total. The lowest BCUT2D eigenvalue weighted by molar-refractivity contribution is -0.0111. The Balaban J connectivity index is 1.76. The van der Waals surface area contributed by atoms with E-state index in [9.17, 15) is 5.11 Å². The van der Waals surface area contributed by atoms with Gasteiger partial charge in [0.15, 0.2) is 0 Å². The maximum absolute atomic E-state index is 11.0. The molecule has 3 heterocycles. The predicted octanol–water partition coefficient (Wildman–Crippen LogP) is 1.22. The second-order valence-corrected chi connectivity index (χ2v) is 5.98. The summed E-state index contributed by atoms with van der Waals surface area (Å²) in [6, 6.07) is 0.327. The molecular formula is C14H24N4O. The van der Waals surface area contributed by atoms with E-state index >= 15 is 0 Å². The van der Waals surface area contributed by atoms with Gasteiger partial charge in [0.2, 0.25) is 0 Å². The van der Waals surface area contributed by atoms with E-state index in [2.05, 4.69) is 21.9 Å². The maximum atomic E-state index is 11.0. The first kappa shape index (κ1) is 13.1. The molecule has 2 fully saturated rings. The average Bonchev–Trinajstić information content (AvgIpc) is 2.97. The highest BCUT2D eigenvalue weighted by molar-refractivity contribution is 5.06. The molecule has 2 atom stereocenters. The van der Waals surface area contributed by atoms with E-state index in [1.165, 1.54) is 12.8 Å². The van der Waals surface area contributed by atoms with Crippen molar-refractivity contribution in [2.45, 2.75) is 63.6 Å². The molecule has 1 aromatic rings. The monoisotopic (exact) mass is 264 g/mol. The van der Waals surface area contributed by atoms with Crippen LogP contribution in [0.15, 0.2) is 6.33 Å². The van der Waals surface area contributed by atoms with Gasteiger partial charge in [-0.3, -0.25) is 9.58 Å². The third-order valence-electron chi connectivity index (χ3n) is 4.66. The first-order chi connectivity index (χ1) is 9.23. The average molecular weight is 264 g/mol.